The predicted molar refractivity (Wildman–Crippen MR) is 125 cm³/mol. The van der Waals surface area contributed by atoms with Crippen LogP contribution in [0.5, 0.6) is 0 Å². The molecule has 0 radical (unpaired) electrons. The molecule has 2 aromatic rings. The number of furan rings is 1. The molecule has 2 amide bonds. The Hall–Kier alpha value is -2.56. The van der Waals surface area contributed by atoms with Gasteiger partial charge in [-0.3, -0.25) is 9.59 Å². The Morgan fingerprint density at radius 1 is 0.806 bits per heavy atom. The fourth-order valence-corrected chi connectivity index (χ4v) is 3.65. The maximum atomic E-state index is 13.2. The summed E-state index contributed by atoms with van der Waals surface area (Å²) >= 11 is 0. The Labute approximate surface area is 187 Å². The second-order valence-corrected chi connectivity index (χ2v) is 8.11. The smallest absolute Gasteiger partial charge is 0.242 e. The van der Waals surface area contributed by atoms with Crippen molar-refractivity contribution in [1.82, 2.24) is 9.80 Å². The third kappa shape index (κ3) is 9.41. The van der Waals surface area contributed by atoms with Crippen molar-refractivity contribution in [1.29, 1.82) is 0 Å². The molecule has 0 saturated heterocycles. The van der Waals surface area contributed by atoms with Gasteiger partial charge in [-0.2, -0.15) is 0 Å². The lowest BCUT2D eigenvalue weighted by atomic mass is 10.1. The molecule has 1 aromatic carbocycles. The molecule has 170 valence electrons. The number of amides is 2. The molecule has 1 aromatic heterocycles. The van der Waals surface area contributed by atoms with Crippen molar-refractivity contribution < 1.29 is 14.0 Å². The second kappa shape index (κ2) is 14.4. The highest BCUT2D eigenvalue weighted by molar-refractivity contribution is 5.84. The van der Waals surface area contributed by atoms with Crippen LogP contribution in [0.2, 0.25) is 0 Å². The molecule has 0 fully saturated rings. The van der Waals surface area contributed by atoms with Gasteiger partial charge in [0.15, 0.2) is 0 Å². The zero-order valence-electron chi connectivity index (χ0n) is 19.2. The zero-order valence-corrected chi connectivity index (χ0v) is 19.2. The van der Waals surface area contributed by atoms with Gasteiger partial charge >= 0.3 is 0 Å². The fraction of sp³-hybridized carbons (Fsp3) is 0.538. The minimum atomic E-state index is -0.0277. The van der Waals surface area contributed by atoms with Crippen molar-refractivity contribution in [3.05, 3.63) is 60.1 Å². The van der Waals surface area contributed by atoms with Crippen LogP contribution in [0.3, 0.4) is 0 Å². The van der Waals surface area contributed by atoms with Gasteiger partial charge in [-0.05, 0) is 37.0 Å². The van der Waals surface area contributed by atoms with Gasteiger partial charge in [0, 0.05) is 19.5 Å². The minimum absolute atomic E-state index is 0.0277. The Morgan fingerprint density at radius 2 is 1.58 bits per heavy atom. The quantitative estimate of drug-likeness (QED) is 0.356. The number of benzene rings is 1. The summed E-state index contributed by atoms with van der Waals surface area (Å²) in [4.78, 5) is 29.5. The molecule has 0 N–H and O–H groups in total. The van der Waals surface area contributed by atoms with Gasteiger partial charge < -0.3 is 14.2 Å². The van der Waals surface area contributed by atoms with Crippen molar-refractivity contribution in [2.24, 2.45) is 0 Å². The van der Waals surface area contributed by atoms with Crippen molar-refractivity contribution in [2.45, 2.75) is 71.8 Å². The van der Waals surface area contributed by atoms with Crippen LogP contribution in [-0.2, 0) is 22.6 Å². The van der Waals surface area contributed by atoms with E-state index in [2.05, 4.69) is 19.1 Å². The molecule has 5 heteroatoms. The largest absolute Gasteiger partial charge is 0.467 e. The lowest BCUT2D eigenvalue weighted by Crippen LogP contribution is -2.43. The van der Waals surface area contributed by atoms with Crippen LogP contribution in [-0.4, -0.2) is 41.2 Å². The maximum absolute atomic E-state index is 13.2. The number of carbonyl (C=O) groups is 2. The van der Waals surface area contributed by atoms with E-state index in [1.165, 1.54) is 24.8 Å². The van der Waals surface area contributed by atoms with E-state index in [1.54, 1.807) is 11.2 Å². The third-order valence-corrected chi connectivity index (χ3v) is 5.46. The molecule has 0 bridgehead atoms. The summed E-state index contributed by atoms with van der Waals surface area (Å²) in [5.41, 5.74) is 1.19. The van der Waals surface area contributed by atoms with Crippen molar-refractivity contribution in [2.75, 3.05) is 19.6 Å². The van der Waals surface area contributed by atoms with Gasteiger partial charge in [-0.25, -0.2) is 0 Å². The molecule has 0 unspecified atom stereocenters. The zero-order chi connectivity index (χ0) is 22.3. The molecule has 5 nitrogen and oxygen atoms in total. The van der Waals surface area contributed by atoms with Crippen LogP contribution < -0.4 is 0 Å². The van der Waals surface area contributed by atoms with Crippen LogP contribution >= 0.6 is 0 Å². The summed E-state index contributed by atoms with van der Waals surface area (Å²) in [7, 11) is 0. The van der Waals surface area contributed by atoms with Gasteiger partial charge in [-0.15, -0.1) is 0 Å². The van der Waals surface area contributed by atoms with Crippen LogP contribution in [0, 0.1) is 0 Å². The van der Waals surface area contributed by atoms with E-state index in [-0.39, 0.29) is 18.4 Å². The number of unbranched alkanes of at least 4 members (excludes halogenated alkanes) is 4. The van der Waals surface area contributed by atoms with E-state index in [0.717, 1.165) is 31.4 Å². The summed E-state index contributed by atoms with van der Waals surface area (Å²) in [5.74, 6) is 0.818. The van der Waals surface area contributed by atoms with Crippen molar-refractivity contribution >= 4 is 11.8 Å². The molecule has 0 aliphatic carbocycles. The molecule has 0 aliphatic heterocycles. The first-order valence-electron chi connectivity index (χ1n) is 11.8. The minimum Gasteiger partial charge on any atom is -0.467 e. The topological polar surface area (TPSA) is 53.8 Å². The molecule has 0 spiro atoms. The lowest BCUT2D eigenvalue weighted by Gasteiger charge is -2.27. The van der Waals surface area contributed by atoms with E-state index in [9.17, 15) is 9.59 Å². The van der Waals surface area contributed by atoms with E-state index in [0.29, 0.717) is 26.1 Å². The first kappa shape index (κ1) is 24.7. The average molecular weight is 427 g/mol. The molecule has 31 heavy (non-hydrogen) atoms. The molecule has 0 saturated carbocycles. The van der Waals surface area contributed by atoms with Gasteiger partial charge in [-0.1, -0.05) is 69.9 Å². The fourth-order valence-electron chi connectivity index (χ4n) is 3.65. The van der Waals surface area contributed by atoms with Crippen LogP contribution in [0.25, 0.3) is 0 Å². The Bertz CT molecular complexity index is 743. The number of hydrogen-bond acceptors (Lipinski definition) is 3. The van der Waals surface area contributed by atoms with E-state index in [1.807, 2.05) is 42.2 Å². The normalized spacial score (nSPS) is 10.8. The van der Waals surface area contributed by atoms with Crippen LogP contribution in [0.4, 0.5) is 0 Å². The number of rotatable bonds is 15. The monoisotopic (exact) mass is 426 g/mol. The average Bonchev–Trinajstić information content (AvgIpc) is 3.30. The van der Waals surface area contributed by atoms with Crippen LogP contribution in [0.15, 0.2) is 53.1 Å². The SMILES string of the molecule is CCCCCCCC(=O)N(CCC)CC(=O)N(CCc1ccccc1)Cc1ccco1. The van der Waals surface area contributed by atoms with Crippen molar-refractivity contribution in [3.63, 3.8) is 0 Å². The summed E-state index contributed by atoms with van der Waals surface area (Å²) in [5, 5.41) is 0. The van der Waals surface area contributed by atoms with Gasteiger partial charge in [0.1, 0.15) is 5.76 Å². The highest BCUT2D eigenvalue weighted by atomic mass is 16.3. The van der Waals surface area contributed by atoms with E-state index >= 15 is 0 Å². The Kier molecular flexibility index (Phi) is 11.5. The third-order valence-electron chi connectivity index (χ3n) is 5.46. The number of hydrogen-bond donors (Lipinski definition) is 0. The van der Waals surface area contributed by atoms with E-state index in [4.69, 9.17) is 4.42 Å². The lowest BCUT2D eigenvalue weighted by molar-refractivity contribution is -0.141. The van der Waals surface area contributed by atoms with Gasteiger partial charge in [0.25, 0.3) is 0 Å². The summed E-state index contributed by atoms with van der Waals surface area (Å²) in [6.45, 7) is 6.00. The second-order valence-electron chi connectivity index (χ2n) is 8.11. The summed E-state index contributed by atoms with van der Waals surface area (Å²) < 4.78 is 5.48. The first-order valence-corrected chi connectivity index (χ1v) is 11.8. The van der Waals surface area contributed by atoms with Gasteiger partial charge in [0.2, 0.25) is 11.8 Å². The van der Waals surface area contributed by atoms with Gasteiger partial charge in [0.05, 0.1) is 19.4 Å². The molecule has 0 aliphatic rings. The molecule has 1 heterocycles. The molecule has 2 rings (SSSR count). The Balaban J connectivity index is 1.96. The molecular formula is C26H38N2O3. The Morgan fingerprint density at radius 3 is 2.26 bits per heavy atom. The van der Waals surface area contributed by atoms with Crippen LogP contribution in [0.1, 0.15) is 70.1 Å². The molecular weight excluding hydrogens is 388 g/mol. The predicted octanol–water partition coefficient (Wildman–Crippen LogP) is 5.45. The highest BCUT2D eigenvalue weighted by Gasteiger charge is 2.21. The van der Waals surface area contributed by atoms with Crippen molar-refractivity contribution in [3.8, 4) is 0 Å². The highest BCUT2D eigenvalue weighted by Crippen LogP contribution is 2.11. The number of nitrogens with zero attached hydrogens (tertiary/aromatic N) is 2. The standard InChI is InChI=1S/C26H38N2O3/c1-3-5-6-7-11-16-25(29)27(18-4-2)22-26(30)28(21-24-15-12-20-31-24)19-17-23-13-9-8-10-14-23/h8-10,12-15,20H,3-7,11,16-19,21-22H2,1-2H3. The summed E-state index contributed by atoms with van der Waals surface area (Å²) in [6, 6.07) is 13.9. The maximum Gasteiger partial charge on any atom is 0.242 e. The number of carbonyl (C=O) groups excluding carboxylic acids is 2. The van der Waals surface area contributed by atoms with E-state index < -0.39 is 0 Å². The first-order chi connectivity index (χ1) is 15.1. The molecule has 0 atom stereocenters. The summed E-state index contributed by atoms with van der Waals surface area (Å²) in [6.07, 6.45) is 9.33.